The van der Waals surface area contributed by atoms with Crippen LogP contribution in [0.3, 0.4) is 0 Å². The number of hydrogen-bond donors (Lipinski definition) is 4. The van der Waals surface area contributed by atoms with E-state index in [0.29, 0.717) is 0 Å². The number of carboxylic acid groups (broad SMARTS) is 4. The Morgan fingerprint density at radius 1 is 0.577 bits per heavy atom. The van der Waals surface area contributed by atoms with Crippen molar-refractivity contribution in [2.45, 2.75) is 52.1 Å². The molecule has 4 unspecified atom stereocenters. The quantitative estimate of drug-likeness (QED) is 0.279. The molecular weight excluding hydrogens is 450 g/mol. The molecule has 0 bridgehead atoms. The molecule has 0 aliphatic carbocycles. The standard InChI is InChI=1S/4C3H6O3.Na.Zr.H/c4*1-2(4)3(5)6;;;/h4*2,4H,1H3,(H,5,6);;;/q;;;;+1;+4;-1/p-4. The second-order valence-corrected chi connectivity index (χ2v) is 3.98. The van der Waals surface area contributed by atoms with Crippen molar-refractivity contribution in [3.05, 3.63) is 0 Å². The normalized spacial score (nSPS) is 12.6. The summed E-state index contributed by atoms with van der Waals surface area (Å²) < 4.78 is 0. The van der Waals surface area contributed by atoms with Crippen molar-refractivity contribution in [3.63, 3.8) is 0 Å². The van der Waals surface area contributed by atoms with E-state index in [4.69, 9.17) is 20.4 Å². The predicted octanol–water partition coefficient (Wildman–Crippen LogP) is -10.4. The van der Waals surface area contributed by atoms with Crippen LogP contribution in [0.2, 0.25) is 0 Å². The van der Waals surface area contributed by atoms with Crippen LogP contribution >= 0.6 is 0 Å². The summed E-state index contributed by atoms with van der Waals surface area (Å²) in [5.41, 5.74) is 0. The first-order chi connectivity index (χ1) is 10.6. The zero-order valence-electron chi connectivity index (χ0n) is 15.9. The Morgan fingerprint density at radius 3 is 0.615 bits per heavy atom. The summed E-state index contributed by atoms with van der Waals surface area (Å²) in [5.74, 6) is -5.74. The van der Waals surface area contributed by atoms with Crippen molar-refractivity contribution in [1.82, 2.24) is 0 Å². The number of rotatable bonds is 4. The molecule has 0 fully saturated rings. The van der Waals surface area contributed by atoms with Gasteiger partial charge in [-0.25, -0.2) is 0 Å². The third-order valence-electron chi connectivity index (χ3n) is 1.36. The van der Waals surface area contributed by atoms with Gasteiger partial charge >= 0.3 is 55.8 Å². The number of aliphatic hydroxyl groups excluding tert-OH is 4. The molecule has 146 valence electrons. The predicted molar refractivity (Wildman–Crippen MR) is 67.9 cm³/mol. The molecule has 0 aromatic rings. The van der Waals surface area contributed by atoms with Gasteiger partial charge in [0.25, 0.3) is 0 Å². The number of aliphatic carboxylic acids is 4. The SMILES string of the molecule is CC(O)C(=O)[O-].CC(O)C(=O)[O-].CC(O)C(=O)[O-].CC(O)C(=O)[O-].[H-].[Na+].[Zr+4]. The number of carbonyl (C=O) groups excluding carboxylic acids is 4. The van der Waals surface area contributed by atoms with E-state index in [9.17, 15) is 39.6 Å². The minimum Gasteiger partial charge on any atom is -1.00 e. The molecule has 0 radical (unpaired) electrons. The Morgan fingerprint density at radius 2 is 0.615 bits per heavy atom. The van der Waals surface area contributed by atoms with Crippen molar-refractivity contribution in [2.75, 3.05) is 0 Å². The molecule has 0 saturated carbocycles. The zero-order chi connectivity index (χ0) is 20.6. The maximum Gasteiger partial charge on any atom is 4.00 e. The van der Waals surface area contributed by atoms with Gasteiger partial charge in [0.1, 0.15) is 0 Å². The Balaban J connectivity index is -0.0000000381. The molecule has 4 atom stereocenters. The first-order valence-electron chi connectivity index (χ1n) is 6.13. The van der Waals surface area contributed by atoms with Gasteiger partial charge in [-0.2, -0.15) is 0 Å². The van der Waals surface area contributed by atoms with Crippen molar-refractivity contribution >= 4 is 23.9 Å². The van der Waals surface area contributed by atoms with Gasteiger partial charge in [-0.05, 0) is 27.7 Å². The zero-order valence-corrected chi connectivity index (χ0v) is 19.3. The molecule has 0 aromatic heterocycles. The number of carboxylic acids is 4. The molecule has 0 amide bonds. The average molecular weight is 472 g/mol. The molecule has 0 spiro atoms. The van der Waals surface area contributed by atoms with Gasteiger partial charge in [-0.15, -0.1) is 0 Å². The third-order valence-corrected chi connectivity index (χ3v) is 1.36. The van der Waals surface area contributed by atoms with E-state index >= 15 is 0 Å². The molecular formula is C12H21NaO12Zr. The Kier molecular flexibility index (Phi) is 38.2. The van der Waals surface area contributed by atoms with E-state index in [1.54, 1.807) is 0 Å². The molecule has 4 N–H and O–H groups in total. The van der Waals surface area contributed by atoms with Gasteiger partial charge in [-0.3, -0.25) is 0 Å². The summed E-state index contributed by atoms with van der Waals surface area (Å²) in [6, 6.07) is 0. The Labute approximate surface area is 192 Å². The Hall–Kier alpha value is -0.397. The summed E-state index contributed by atoms with van der Waals surface area (Å²) in [5, 5.41) is 69.2. The van der Waals surface area contributed by atoms with Crippen LogP contribution in [-0.4, -0.2) is 68.7 Å². The molecule has 0 heterocycles. The van der Waals surface area contributed by atoms with Gasteiger partial charge in [0, 0.05) is 0 Å². The third kappa shape index (κ3) is 49.5. The van der Waals surface area contributed by atoms with E-state index in [1.807, 2.05) is 0 Å². The second kappa shape index (κ2) is 24.6. The van der Waals surface area contributed by atoms with Crippen molar-refractivity contribution in [1.29, 1.82) is 0 Å². The van der Waals surface area contributed by atoms with E-state index in [2.05, 4.69) is 0 Å². The van der Waals surface area contributed by atoms with Crippen LogP contribution < -0.4 is 50.0 Å². The summed E-state index contributed by atoms with van der Waals surface area (Å²) in [4.78, 5) is 37.4. The molecule has 0 rings (SSSR count). The molecule has 0 saturated heterocycles. The molecule has 12 nitrogen and oxygen atoms in total. The van der Waals surface area contributed by atoms with Crippen LogP contribution in [-0.2, 0) is 45.4 Å². The van der Waals surface area contributed by atoms with Gasteiger partial charge in [-0.1, -0.05) is 0 Å². The van der Waals surface area contributed by atoms with Gasteiger partial charge in [0.05, 0.1) is 48.3 Å². The van der Waals surface area contributed by atoms with Crippen LogP contribution in [0.1, 0.15) is 29.1 Å². The van der Waals surface area contributed by atoms with Crippen LogP contribution in [0.15, 0.2) is 0 Å². The van der Waals surface area contributed by atoms with Gasteiger partial charge < -0.3 is 61.5 Å². The summed E-state index contributed by atoms with van der Waals surface area (Å²) in [6.45, 7) is 4.54. The molecule has 26 heavy (non-hydrogen) atoms. The second-order valence-electron chi connectivity index (χ2n) is 3.98. The van der Waals surface area contributed by atoms with E-state index < -0.39 is 48.3 Å². The number of hydrogen-bond acceptors (Lipinski definition) is 12. The van der Waals surface area contributed by atoms with Crippen LogP contribution in [0.4, 0.5) is 0 Å². The molecule has 14 heteroatoms. The summed E-state index contributed by atoms with van der Waals surface area (Å²) in [7, 11) is 0. The van der Waals surface area contributed by atoms with Crippen LogP contribution in [0.25, 0.3) is 0 Å². The Bertz CT molecular complexity index is 319. The van der Waals surface area contributed by atoms with Crippen molar-refractivity contribution < 1.29 is 117 Å². The molecule has 0 aromatic carbocycles. The minimum atomic E-state index is -1.44. The first-order valence-corrected chi connectivity index (χ1v) is 6.13. The smallest absolute Gasteiger partial charge is 1.00 e. The topological polar surface area (TPSA) is 241 Å². The maximum atomic E-state index is 9.34. The largest absolute Gasteiger partial charge is 4.00 e. The fraction of sp³-hybridized carbons (Fsp3) is 0.667. The van der Waals surface area contributed by atoms with E-state index in [0.717, 1.165) is 27.7 Å². The average Bonchev–Trinajstić information content (AvgIpc) is 2.40. The van der Waals surface area contributed by atoms with E-state index in [-0.39, 0.29) is 57.2 Å². The number of aliphatic hydroxyl groups is 4. The number of carbonyl (C=O) groups is 4. The first kappa shape index (κ1) is 40.3. The van der Waals surface area contributed by atoms with Crippen LogP contribution in [0.5, 0.6) is 0 Å². The van der Waals surface area contributed by atoms with Crippen molar-refractivity contribution in [3.8, 4) is 0 Å². The minimum absolute atomic E-state index is 0. The summed E-state index contributed by atoms with van der Waals surface area (Å²) >= 11 is 0. The fourth-order valence-corrected chi connectivity index (χ4v) is 0. The van der Waals surface area contributed by atoms with E-state index in [1.165, 1.54) is 0 Å². The van der Waals surface area contributed by atoms with Crippen molar-refractivity contribution in [2.24, 2.45) is 0 Å². The fourth-order valence-electron chi connectivity index (χ4n) is 0. The van der Waals surface area contributed by atoms with Gasteiger partial charge in [0.15, 0.2) is 0 Å². The van der Waals surface area contributed by atoms with Crippen LogP contribution in [0, 0.1) is 0 Å². The maximum absolute atomic E-state index is 9.34. The monoisotopic (exact) mass is 470 g/mol. The summed E-state index contributed by atoms with van der Waals surface area (Å²) in [6.07, 6.45) is -5.37. The molecule has 0 aliphatic rings. The molecule has 0 aliphatic heterocycles. The van der Waals surface area contributed by atoms with Gasteiger partial charge in [0.2, 0.25) is 0 Å².